The predicted octanol–water partition coefficient (Wildman–Crippen LogP) is 1.34. The summed E-state index contributed by atoms with van der Waals surface area (Å²) in [6.07, 6.45) is 1.40. The number of carbonyl (C=O) groups is 1. The van der Waals surface area contributed by atoms with Gasteiger partial charge in [0, 0.05) is 5.69 Å². The Morgan fingerprint density at radius 3 is 2.50 bits per heavy atom. The first-order chi connectivity index (χ1) is 8.53. The molecule has 18 heavy (non-hydrogen) atoms. The first kappa shape index (κ1) is 14.7. The van der Waals surface area contributed by atoms with Crippen LogP contribution < -0.4 is 10.0 Å². The van der Waals surface area contributed by atoms with E-state index in [4.69, 9.17) is 0 Å². The standard InChI is InChI=1S/C12H18N2O3S/c1-2-3-9-18(16,17)13-10-12(15)14-11-7-5-4-6-8-11/h4-8,13H,2-3,9-10H2,1H3,(H,14,15). The number of rotatable bonds is 7. The molecular formula is C12H18N2O3S. The van der Waals surface area contributed by atoms with Crippen molar-refractivity contribution < 1.29 is 13.2 Å². The highest BCUT2D eigenvalue weighted by Crippen LogP contribution is 2.04. The molecule has 1 aromatic carbocycles. The van der Waals surface area contributed by atoms with Gasteiger partial charge in [-0.15, -0.1) is 0 Å². The van der Waals surface area contributed by atoms with Gasteiger partial charge in [-0.3, -0.25) is 4.79 Å². The van der Waals surface area contributed by atoms with E-state index in [0.29, 0.717) is 12.1 Å². The molecule has 0 saturated heterocycles. The fraction of sp³-hybridized carbons (Fsp3) is 0.417. The zero-order chi connectivity index (χ0) is 13.4. The number of sulfonamides is 1. The topological polar surface area (TPSA) is 75.3 Å². The van der Waals surface area contributed by atoms with E-state index in [9.17, 15) is 13.2 Å². The van der Waals surface area contributed by atoms with Crippen molar-refractivity contribution in [3.63, 3.8) is 0 Å². The van der Waals surface area contributed by atoms with Gasteiger partial charge in [0.2, 0.25) is 15.9 Å². The molecule has 2 N–H and O–H groups in total. The van der Waals surface area contributed by atoms with Crippen molar-refractivity contribution in [3.8, 4) is 0 Å². The predicted molar refractivity (Wildman–Crippen MR) is 71.8 cm³/mol. The van der Waals surface area contributed by atoms with Crippen LogP contribution in [-0.4, -0.2) is 26.6 Å². The number of carbonyl (C=O) groups excluding carboxylic acids is 1. The van der Waals surface area contributed by atoms with Crippen LogP contribution >= 0.6 is 0 Å². The Kier molecular flexibility index (Phi) is 5.80. The van der Waals surface area contributed by atoms with Gasteiger partial charge in [-0.2, -0.15) is 0 Å². The average Bonchev–Trinajstić information content (AvgIpc) is 2.36. The summed E-state index contributed by atoms with van der Waals surface area (Å²) in [7, 11) is -3.34. The summed E-state index contributed by atoms with van der Waals surface area (Å²) in [6, 6.07) is 8.90. The number of benzene rings is 1. The van der Waals surface area contributed by atoms with E-state index in [0.717, 1.165) is 6.42 Å². The molecule has 0 radical (unpaired) electrons. The lowest BCUT2D eigenvalue weighted by Gasteiger charge is -2.07. The van der Waals surface area contributed by atoms with Crippen molar-refractivity contribution in [2.75, 3.05) is 17.6 Å². The fourth-order valence-electron chi connectivity index (χ4n) is 1.31. The van der Waals surface area contributed by atoms with Gasteiger partial charge in [-0.1, -0.05) is 31.5 Å². The van der Waals surface area contributed by atoms with E-state index in [2.05, 4.69) is 10.0 Å². The van der Waals surface area contributed by atoms with Crippen LogP contribution in [0.15, 0.2) is 30.3 Å². The Morgan fingerprint density at radius 2 is 1.89 bits per heavy atom. The summed E-state index contributed by atoms with van der Waals surface area (Å²) in [4.78, 5) is 11.5. The molecule has 1 rings (SSSR count). The van der Waals surface area contributed by atoms with Gasteiger partial charge >= 0.3 is 0 Å². The highest BCUT2D eigenvalue weighted by atomic mass is 32.2. The zero-order valence-corrected chi connectivity index (χ0v) is 11.2. The van der Waals surface area contributed by atoms with Gasteiger partial charge in [0.25, 0.3) is 0 Å². The molecule has 1 amide bonds. The van der Waals surface area contributed by atoms with E-state index >= 15 is 0 Å². The maximum Gasteiger partial charge on any atom is 0.239 e. The smallest absolute Gasteiger partial charge is 0.239 e. The molecule has 0 heterocycles. The monoisotopic (exact) mass is 270 g/mol. The van der Waals surface area contributed by atoms with E-state index in [1.54, 1.807) is 24.3 Å². The minimum atomic E-state index is -3.34. The molecule has 0 atom stereocenters. The van der Waals surface area contributed by atoms with Crippen LogP contribution in [0.5, 0.6) is 0 Å². The van der Waals surface area contributed by atoms with Crippen molar-refractivity contribution in [1.82, 2.24) is 4.72 Å². The average molecular weight is 270 g/mol. The molecule has 0 aliphatic carbocycles. The Balaban J connectivity index is 2.38. The third kappa shape index (κ3) is 5.79. The van der Waals surface area contributed by atoms with Gasteiger partial charge in [-0.25, -0.2) is 13.1 Å². The van der Waals surface area contributed by atoms with E-state index in [-0.39, 0.29) is 18.2 Å². The Labute approximate surface area is 108 Å². The number of hydrogen-bond acceptors (Lipinski definition) is 3. The Bertz CT molecular complexity index is 471. The molecular weight excluding hydrogens is 252 g/mol. The highest BCUT2D eigenvalue weighted by molar-refractivity contribution is 7.89. The maximum atomic E-state index is 11.5. The van der Waals surface area contributed by atoms with Gasteiger partial charge in [0.1, 0.15) is 0 Å². The molecule has 0 unspecified atom stereocenters. The summed E-state index contributed by atoms with van der Waals surface area (Å²) in [5, 5.41) is 2.60. The number of nitrogens with one attached hydrogen (secondary N) is 2. The van der Waals surface area contributed by atoms with Crippen molar-refractivity contribution in [2.24, 2.45) is 0 Å². The third-order valence-electron chi connectivity index (χ3n) is 2.28. The molecule has 6 heteroatoms. The zero-order valence-electron chi connectivity index (χ0n) is 10.3. The van der Waals surface area contributed by atoms with Crippen LogP contribution in [0.25, 0.3) is 0 Å². The van der Waals surface area contributed by atoms with Crippen LogP contribution in [0, 0.1) is 0 Å². The minimum Gasteiger partial charge on any atom is -0.325 e. The van der Waals surface area contributed by atoms with Crippen LogP contribution in [0.1, 0.15) is 19.8 Å². The molecule has 100 valence electrons. The van der Waals surface area contributed by atoms with Crippen molar-refractivity contribution in [2.45, 2.75) is 19.8 Å². The second-order valence-corrected chi connectivity index (χ2v) is 5.83. The third-order valence-corrected chi connectivity index (χ3v) is 3.69. The van der Waals surface area contributed by atoms with Crippen LogP contribution in [0.4, 0.5) is 5.69 Å². The molecule has 0 fully saturated rings. The lowest BCUT2D eigenvalue weighted by atomic mass is 10.3. The summed E-state index contributed by atoms with van der Waals surface area (Å²) in [6.45, 7) is 1.68. The van der Waals surface area contributed by atoms with Gasteiger partial charge in [0.15, 0.2) is 0 Å². The SMILES string of the molecule is CCCCS(=O)(=O)NCC(=O)Nc1ccccc1. The van der Waals surface area contributed by atoms with Crippen LogP contribution in [0.3, 0.4) is 0 Å². The summed E-state index contributed by atoms with van der Waals surface area (Å²) in [5.41, 5.74) is 0.648. The van der Waals surface area contributed by atoms with Crippen LogP contribution in [-0.2, 0) is 14.8 Å². The molecule has 5 nitrogen and oxygen atoms in total. The Hall–Kier alpha value is -1.40. The second-order valence-electron chi connectivity index (χ2n) is 3.91. The van der Waals surface area contributed by atoms with Crippen molar-refractivity contribution in [3.05, 3.63) is 30.3 Å². The Morgan fingerprint density at radius 1 is 1.22 bits per heavy atom. The lowest BCUT2D eigenvalue weighted by Crippen LogP contribution is -2.34. The number of para-hydroxylation sites is 1. The number of amides is 1. The van der Waals surface area contributed by atoms with Crippen molar-refractivity contribution >= 4 is 21.6 Å². The highest BCUT2D eigenvalue weighted by Gasteiger charge is 2.11. The van der Waals surface area contributed by atoms with E-state index in [1.165, 1.54) is 0 Å². The quantitative estimate of drug-likeness (QED) is 0.785. The first-order valence-corrected chi connectivity index (χ1v) is 7.51. The van der Waals surface area contributed by atoms with Gasteiger partial charge < -0.3 is 5.32 Å². The first-order valence-electron chi connectivity index (χ1n) is 5.86. The van der Waals surface area contributed by atoms with Crippen LogP contribution in [0.2, 0.25) is 0 Å². The molecule has 1 aromatic rings. The fourth-order valence-corrected chi connectivity index (χ4v) is 2.47. The van der Waals surface area contributed by atoms with E-state index in [1.807, 2.05) is 13.0 Å². The van der Waals surface area contributed by atoms with Gasteiger partial charge in [0.05, 0.1) is 12.3 Å². The normalized spacial score (nSPS) is 11.2. The minimum absolute atomic E-state index is 0.0577. The molecule has 0 spiro atoms. The van der Waals surface area contributed by atoms with E-state index < -0.39 is 10.0 Å². The second kappa shape index (κ2) is 7.13. The molecule has 0 bridgehead atoms. The number of hydrogen-bond donors (Lipinski definition) is 2. The number of anilines is 1. The summed E-state index contributed by atoms with van der Waals surface area (Å²) < 4.78 is 25.2. The molecule has 0 aliphatic rings. The largest absolute Gasteiger partial charge is 0.325 e. The molecule has 0 aliphatic heterocycles. The maximum absolute atomic E-state index is 11.5. The lowest BCUT2D eigenvalue weighted by molar-refractivity contribution is -0.115. The summed E-state index contributed by atoms with van der Waals surface area (Å²) >= 11 is 0. The van der Waals surface area contributed by atoms with Gasteiger partial charge in [-0.05, 0) is 18.6 Å². The summed E-state index contributed by atoms with van der Waals surface area (Å²) in [5.74, 6) is -0.316. The molecule has 0 saturated carbocycles. The van der Waals surface area contributed by atoms with Crippen molar-refractivity contribution in [1.29, 1.82) is 0 Å². The molecule has 0 aromatic heterocycles. The number of unbranched alkanes of at least 4 members (excludes halogenated alkanes) is 1.